The van der Waals surface area contributed by atoms with Crippen molar-refractivity contribution < 1.29 is 0 Å². The molecule has 0 atom stereocenters. The molecule has 0 radical (unpaired) electrons. The Labute approximate surface area is 87.9 Å². The normalized spacial score (nSPS) is 10.9. The number of halogens is 2. The van der Waals surface area contributed by atoms with Gasteiger partial charge in [-0.15, -0.1) is 0 Å². The van der Waals surface area contributed by atoms with Crippen LogP contribution < -0.4 is 0 Å². The lowest BCUT2D eigenvalue weighted by molar-refractivity contribution is 0.928. The van der Waals surface area contributed by atoms with Gasteiger partial charge in [-0.25, -0.2) is 9.97 Å². The lowest BCUT2D eigenvalue weighted by Crippen LogP contribution is -1.89. The van der Waals surface area contributed by atoms with Gasteiger partial charge in [-0.2, -0.15) is 0 Å². The van der Waals surface area contributed by atoms with Gasteiger partial charge in [0.25, 0.3) is 0 Å². The summed E-state index contributed by atoms with van der Waals surface area (Å²) in [5.41, 5.74) is 1.59. The van der Waals surface area contributed by atoms with Crippen molar-refractivity contribution in [2.24, 2.45) is 7.05 Å². The van der Waals surface area contributed by atoms with E-state index < -0.39 is 0 Å². The molecule has 0 saturated heterocycles. The molecule has 2 aromatic heterocycles. The number of imidazole rings is 1. The molecule has 0 unspecified atom stereocenters. The molecule has 0 aliphatic rings. The highest BCUT2D eigenvalue weighted by molar-refractivity contribution is 14.1. The largest absolute Gasteiger partial charge is 0.318 e. The van der Waals surface area contributed by atoms with E-state index in [1.54, 1.807) is 12.4 Å². The molecule has 12 heavy (non-hydrogen) atoms. The van der Waals surface area contributed by atoms with E-state index in [0.717, 1.165) is 14.9 Å². The summed E-state index contributed by atoms with van der Waals surface area (Å²) in [6, 6.07) is 1.80. The molecule has 2 heterocycles. The molecular formula is C7H5ClIN3. The first-order valence-electron chi connectivity index (χ1n) is 3.31. The predicted molar refractivity (Wildman–Crippen MR) is 56.2 cm³/mol. The SMILES string of the molecule is Cn1cnc2c(Cl)cc(I)nc21. The fraction of sp³-hybridized carbons (Fsp3) is 0.143. The van der Waals surface area contributed by atoms with Gasteiger partial charge in [-0.3, -0.25) is 0 Å². The van der Waals surface area contributed by atoms with Crippen LogP contribution in [0, 0.1) is 3.70 Å². The maximum absolute atomic E-state index is 5.96. The smallest absolute Gasteiger partial charge is 0.162 e. The minimum Gasteiger partial charge on any atom is -0.318 e. The van der Waals surface area contributed by atoms with Gasteiger partial charge in [0.1, 0.15) is 9.22 Å². The van der Waals surface area contributed by atoms with E-state index in [-0.39, 0.29) is 0 Å². The Balaban J connectivity index is 2.92. The van der Waals surface area contributed by atoms with Crippen LogP contribution in [0.2, 0.25) is 5.02 Å². The van der Waals surface area contributed by atoms with Crippen LogP contribution in [0.5, 0.6) is 0 Å². The van der Waals surface area contributed by atoms with Gasteiger partial charge < -0.3 is 4.57 Å². The molecule has 0 aliphatic heterocycles. The Kier molecular flexibility index (Phi) is 1.96. The van der Waals surface area contributed by atoms with Crippen molar-refractivity contribution in [2.45, 2.75) is 0 Å². The van der Waals surface area contributed by atoms with Gasteiger partial charge >= 0.3 is 0 Å². The van der Waals surface area contributed by atoms with Crippen molar-refractivity contribution in [3.05, 3.63) is 21.1 Å². The van der Waals surface area contributed by atoms with Gasteiger partial charge in [0.2, 0.25) is 0 Å². The Morgan fingerprint density at radius 1 is 1.58 bits per heavy atom. The number of aryl methyl sites for hydroxylation is 1. The highest BCUT2D eigenvalue weighted by Gasteiger charge is 2.06. The zero-order valence-electron chi connectivity index (χ0n) is 6.25. The van der Waals surface area contributed by atoms with E-state index in [4.69, 9.17) is 11.6 Å². The van der Waals surface area contributed by atoms with E-state index in [1.165, 1.54) is 0 Å². The molecular weight excluding hydrogens is 288 g/mol. The van der Waals surface area contributed by atoms with Crippen LogP contribution in [0.3, 0.4) is 0 Å². The predicted octanol–water partition coefficient (Wildman–Crippen LogP) is 2.23. The van der Waals surface area contributed by atoms with Gasteiger partial charge in [0, 0.05) is 7.05 Å². The highest BCUT2D eigenvalue weighted by atomic mass is 127. The van der Waals surface area contributed by atoms with Crippen LogP contribution in [-0.2, 0) is 7.05 Å². The first kappa shape index (κ1) is 8.25. The molecule has 2 rings (SSSR count). The second kappa shape index (κ2) is 2.85. The van der Waals surface area contributed by atoms with Crippen LogP contribution in [0.25, 0.3) is 11.2 Å². The summed E-state index contributed by atoms with van der Waals surface area (Å²) in [5, 5.41) is 0.657. The van der Waals surface area contributed by atoms with Crippen molar-refractivity contribution in [3.63, 3.8) is 0 Å². The minimum absolute atomic E-state index is 0.657. The van der Waals surface area contributed by atoms with Crippen LogP contribution in [-0.4, -0.2) is 14.5 Å². The molecule has 62 valence electrons. The molecule has 0 aromatic carbocycles. The Morgan fingerprint density at radius 2 is 2.33 bits per heavy atom. The Hall–Kier alpha value is -0.360. The molecule has 5 heteroatoms. The highest BCUT2D eigenvalue weighted by Crippen LogP contribution is 2.21. The summed E-state index contributed by atoms with van der Waals surface area (Å²) >= 11 is 8.09. The molecule has 0 aliphatic carbocycles. The minimum atomic E-state index is 0.657. The summed E-state index contributed by atoms with van der Waals surface area (Å²) in [4.78, 5) is 8.42. The second-order valence-electron chi connectivity index (χ2n) is 2.45. The maximum Gasteiger partial charge on any atom is 0.162 e. The average molecular weight is 293 g/mol. The van der Waals surface area contributed by atoms with Crippen LogP contribution in [0.1, 0.15) is 0 Å². The van der Waals surface area contributed by atoms with Crippen molar-refractivity contribution in [1.82, 2.24) is 14.5 Å². The van der Waals surface area contributed by atoms with E-state index >= 15 is 0 Å². The molecule has 0 N–H and O–H groups in total. The first-order valence-corrected chi connectivity index (χ1v) is 4.77. The van der Waals surface area contributed by atoms with Crippen LogP contribution >= 0.6 is 34.2 Å². The number of fused-ring (bicyclic) bond motifs is 1. The van der Waals surface area contributed by atoms with Crippen molar-refractivity contribution in [1.29, 1.82) is 0 Å². The number of nitrogens with zero attached hydrogens (tertiary/aromatic N) is 3. The van der Waals surface area contributed by atoms with E-state index in [9.17, 15) is 0 Å². The van der Waals surface area contributed by atoms with Crippen molar-refractivity contribution >= 4 is 45.4 Å². The quantitative estimate of drug-likeness (QED) is 0.551. The molecule has 0 fully saturated rings. The fourth-order valence-electron chi connectivity index (χ4n) is 1.03. The second-order valence-corrected chi connectivity index (χ2v) is 3.97. The summed E-state index contributed by atoms with van der Waals surface area (Å²) in [5.74, 6) is 0. The third kappa shape index (κ3) is 1.19. The van der Waals surface area contributed by atoms with E-state index in [2.05, 4.69) is 32.6 Å². The fourth-order valence-corrected chi connectivity index (χ4v) is 1.99. The molecule has 3 nitrogen and oxygen atoms in total. The third-order valence-corrected chi connectivity index (χ3v) is 2.43. The van der Waals surface area contributed by atoms with Crippen LogP contribution in [0.4, 0.5) is 0 Å². The first-order chi connectivity index (χ1) is 5.68. The summed E-state index contributed by atoms with van der Waals surface area (Å²) in [6.07, 6.45) is 1.71. The number of hydrogen-bond donors (Lipinski definition) is 0. The number of hydrogen-bond acceptors (Lipinski definition) is 2. The zero-order valence-corrected chi connectivity index (χ0v) is 9.17. The molecule has 0 spiro atoms. The lowest BCUT2D eigenvalue weighted by Gasteiger charge is -1.95. The number of aromatic nitrogens is 3. The average Bonchev–Trinajstić information content (AvgIpc) is 2.33. The topological polar surface area (TPSA) is 30.7 Å². The van der Waals surface area contributed by atoms with Crippen molar-refractivity contribution in [2.75, 3.05) is 0 Å². The Morgan fingerprint density at radius 3 is 3.08 bits per heavy atom. The molecule has 2 aromatic rings. The van der Waals surface area contributed by atoms with Gasteiger partial charge in [0.15, 0.2) is 5.65 Å². The zero-order chi connectivity index (χ0) is 8.72. The summed E-state index contributed by atoms with van der Waals surface area (Å²) in [6.45, 7) is 0. The van der Waals surface area contributed by atoms with E-state index in [0.29, 0.717) is 5.02 Å². The molecule has 0 saturated carbocycles. The summed E-state index contributed by atoms with van der Waals surface area (Å²) in [7, 11) is 1.90. The third-order valence-electron chi connectivity index (χ3n) is 1.59. The number of pyridine rings is 1. The van der Waals surface area contributed by atoms with Crippen molar-refractivity contribution in [3.8, 4) is 0 Å². The lowest BCUT2D eigenvalue weighted by atomic mass is 10.4. The number of rotatable bonds is 0. The standard InChI is InChI=1S/C7H5ClIN3/c1-12-3-10-6-4(8)2-5(9)11-7(6)12/h2-3H,1H3. The molecule has 0 bridgehead atoms. The van der Waals surface area contributed by atoms with Gasteiger partial charge in [-0.05, 0) is 28.7 Å². The molecule has 0 amide bonds. The summed E-state index contributed by atoms with van der Waals surface area (Å²) < 4.78 is 2.73. The maximum atomic E-state index is 5.96. The Bertz CT molecular complexity index is 437. The van der Waals surface area contributed by atoms with Gasteiger partial charge in [-0.1, -0.05) is 11.6 Å². The van der Waals surface area contributed by atoms with Gasteiger partial charge in [0.05, 0.1) is 11.3 Å². The van der Waals surface area contributed by atoms with E-state index in [1.807, 2.05) is 11.6 Å². The monoisotopic (exact) mass is 293 g/mol. The van der Waals surface area contributed by atoms with Crippen LogP contribution in [0.15, 0.2) is 12.4 Å².